The van der Waals surface area contributed by atoms with E-state index in [1.807, 2.05) is 0 Å². The van der Waals surface area contributed by atoms with Crippen LogP contribution in [0.5, 0.6) is 0 Å². The van der Waals surface area contributed by atoms with E-state index in [9.17, 15) is 0 Å². The summed E-state index contributed by atoms with van der Waals surface area (Å²) in [6.07, 6.45) is 4.05. The number of ether oxygens (including phenoxy) is 1. The molecule has 3 heterocycles. The standard InChI is InChI=1S/C25H32N2O/c1-4-10-21(11-5-1)16-26-17-23-19-28-20-24(18-26)25(23,22-12-6-2-7-13-22)27-14-8-3-9-15-27/h1-2,4-7,10-13,23-24H,3,8-9,14-20H2. The topological polar surface area (TPSA) is 15.7 Å². The van der Waals surface area contributed by atoms with Crippen molar-refractivity contribution in [3.8, 4) is 0 Å². The van der Waals surface area contributed by atoms with Crippen LogP contribution in [0.1, 0.15) is 30.4 Å². The summed E-state index contributed by atoms with van der Waals surface area (Å²) in [4.78, 5) is 5.53. The van der Waals surface area contributed by atoms with Crippen molar-refractivity contribution in [2.24, 2.45) is 11.8 Å². The normalized spacial score (nSPS) is 31.6. The third-order valence-electron chi connectivity index (χ3n) is 7.20. The summed E-state index contributed by atoms with van der Waals surface area (Å²) in [5, 5.41) is 0. The molecule has 3 fully saturated rings. The van der Waals surface area contributed by atoms with Crippen LogP contribution in [0, 0.1) is 11.8 Å². The van der Waals surface area contributed by atoms with Crippen molar-refractivity contribution in [1.29, 1.82) is 0 Å². The molecule has 3 nitrogen and oxygen atoms in total. The second kappa shape index (κ2) is 7.98. The van der Waals surface area contributed by atoms with Gasteiger partial charge in [0.25, 0.3) is 0 Å². The predicted molar refractivity (Wildman–Crippen MR) is 113 cm³/mol. The summed E-state index contributed by atoms with van der Waals surface area (Å²) in [7, 11) is 0. The van der Waals surface area contributed by atoms with Crippen LogP contribution in [0.2, 0.25) is 0 Å². The lowest BCUT2D eigenvalue weighted by molar-refractivity contribution is -0.170. The lowest BCUT2D eigenvalue weighted by atomic mass is 9.64. The SMILES string of the molecule is c1ccc(CN2CC3COCC(C2)C3(c2ccccc2)N2CCCCC2)cc1. The van der Waals surface area contributed by atoms with Gasteiger partial charge in [-0.25, -0.2) is 0 Å². The minimum atomic E-state index is 0.146. The molecule has 0 aromatic heterocycles. The monoisotopic (exact) mass is 376 g/mol. The molecule has 2 bridgehead atoms. The first kappa shape index (κ1) is 18.4. The number of fused-ring (bicyclic) bond motifs is 2. The summed E-state index contributed by atoms with van der Waals surface area (Å²) in [5.74, 6) is 1.06. The maximum absolute atomic E-state index is 6.15. The van der Waals surface area contributed by atoms with Gasteiger partial charge in [0.2, 0.25) is 0 Å². The van der Waals surface area contributed by atoms with Gasteiger partial charge >= 0.3 is 0 Å². The number of hydrogen-bond acceptors (Lipinski definition) is 3. The Labute approximate surface area is 169 Å². The highest BCUT2D eigenvalue weighted by atomic mass is 16.5. The van der Waals surface area contributed by atoms with E-state index in [0.29, 0.717) is 11.8 Å². The molecule has 0 aliphatic carbocycles. The average Bonchev–Trinajstić information content (AvgIpc) is 2.75. The number of hydrogen-bond donors (Lipinski definition) is 0. The van der Waals surface area contributed by atoms with E-state index >= 15 is 0 Å². The zero-order valence-electron chi connectivity index (χ0n) is 16.8. The molecule has 28 heavy (non-hydrogen) atoms. The van der Waals surface area contributed by atoms with E-state index in [0.717, 1.165) is 32.8 Å². The fraction of sp³-hybridized carbons (Fsp3) is 0.520. The van der Waals surface area contributed by atoms with Crippen LogP contribution >= 0.6 is 0 Å². The maximum atomic E-state index is 6.15. The molecule has 2 atom stereocenters. The molecule has 0 spiro atoms. The third-order valence-corrected chi connectivity index (χ3v) is 7.20. The third kappa shape index (κ3) is 3.20. The van der Waals surface area contributed by atoms with E-state index in [1.54, 1.807) is 0 Å². The van der Waals surface area contributed by atoms with Gasteiger partial charge in [0.1, 0.15) is 0 Å². The van der Waals surface area contributed by atoms with E-state index in [-0.39, 0.29) is 5.54 Å². The number of benzene rings is 2. The molecule has 3 saturated heterocycles. The first-order valence-corrected chi connectivity index (χ1v) is 11.0. The van der Waals surface area contributed by atoms with Crippen LogP contribution in [0.15, 0.2) is 60.7 Å². The fourth-order valence-corrected chi connectivity index (χ4v) is 6.13. The van der Waals surface area contributed by atoms with E-state index in [4.69, 9.17) is 4.74 Å². The molecule has 0 radical (unpaired) electrons. The van der Waals surface area contributed by atoms with Crippen LogP contribution in [-0.2, 0) is 16.8 Å². The Balaban J connectivity index is 1.49. The highest BCUT2D eigenvalue weighted by Gasteiger charge is 2.56. The summed E-state index contributed by atoms with van der Waals surface area (Å²) in [6.45, 7) is 7.54. The lowest BCUT2D eigenvalue weighted by Crippen LogP contribution is -2.68. The summed E-state index contributed by atoms with van der Waals surface area (Å²) >= 11 is 0. The number of nitrogens with zero attached hydrogens (tertiary/aromatic N) is 2. The molecule has 2 aromatic rings. The zero-order valence-corrected chi connectivity index (χ0v) is 16.8. The summed E-state index contributed by atoms with van der Waals surface area (Å²) in [5.41, 5.74) is 3.09. The smallest absolute Gasteiger partial charge is 0.0585 e. The van der Waals surface area contributed by atoms with Crippen LogP contribution in [0.25, 0.3) is 0 Å². The van der Waals surface area contributed by atoms with Gasteiger partial charge in [0.15, 0.2) is 0 Å². The van der Waals surface area contributed by atoms with Crippen LogP contribution in [-0.4, -0.2) is 49.2 Å². The lowest BCUT2D eigenvalue weighted by Gasteiger charge is -2.61. The number of rotatable bonds is 4. The van der Waals surface area contributed by atoms with Crippen molar-refractivity contribution in [3.63, 3.8) is 0 Å². The highest BCUT2D eigenvalue weighted by Crippen LogP contribution is 2.50. The Morgan fingerprint density at radius 3 is 2.04 bits per heavy atom. The largest absolute Gasteiger partial charge is 0.381 e. The van der Waals surface area contributed by atoms with Gasteiger partial charge < -0.3 is 4.74 Å². The fourth-order valence-electron chi connectivity index (χ4n) is 6.13. The van der Waals surface area contributed by atoms with Crippen LogP contribution in [0.4, 0.5) is 0 Å². The Hall–Kier alpha value is -1.68. The first-order chi connectivity index (χ1) is 13.9. The Morgan fingerprint density at radius 1 is 0.786 bits per heavy atom. The van der Waals surface area contributed by atoms with Gasteiger partial charge in [-0.2, -0.15) is 0 Å². The second-order valence-electron chi connectivity index (χ2n) is 8.85. The summed E-state index contributed by atoms with van der Waals surface area (Å²) < 4.78 is 6.15. The number of likely N-dealkylation sites (tertiary alicyclic amines) is 2. The quantitative estimate of drug-likeness (QED) is 0.797. The van der Waals surface area contributed by atoms with Gasteiger partial charge in [-0.1, -0.05) is 67.1 Å². The minimum Gasteiger partial charge on any atom is -0.381 e. The van der Waals surface area contributed by atoms with Gasteiger partial charge in [0, 0.05) is 31.5 Å². The Morgan fingerprint density at radius 2 is 1.39 bits per heavy atom. The molecular weight excluding hydrogens is 344 g/mol. The molecule has 148 valence electrons. The van der Waals surface area contributed by atoms with E-state index in [2.05, 4.69) is 70.5 Å². The maximum Gasteiger partial charge on any atom is 0.0585 e. The van der Waals surface area contributed by atoms with Crippen molar-refractivity contribution in [3.05, 3.63) is 71.8 Å². The molecule has 2 unspecified atom stereocenters. The average molecular weight is 377 g/mol. The van der Waals surface area contributed by atoms with Crippen molar-refractivity contribution < 1.29 is 4.74 Å². The zero-order chi connectivity index (χ0) is 18.8. The second-order valence-corrected chi connectivity index (χ2v) is 8.85. The Bertz CT molecular complexity index is 743. The van der Waals surface area contributed by atoms with Crippen molar-refractivity contribution in [2.75, 3.05) is 39.4 Å². The van der Waals surface area contributed by atoms with Gasteiger partial charge in [-0.15, -0.1) is 0 Å². The van der Waals surface area contributed by atoms with Gasteiger partial charge in [-0.05, 0) is 37.1 Å². The highest BCUT2D eigenvalue weighted by molar-refractivity contribution is 5.30. The molecule has 2 aromatic carbocycles. The van der Waals surface area contributed by atoms with Gasteiger partial charge in [0.05, 0.1) is 18.8 Å². The van der Waals surface area contributed by atoms with Crippen LogP contribution in [0.3, 0.4) is 0 Å². The van der Waals surface area contributed by atoms with Crippen LogP contribution < -0.4 is 0 Å². The first-order valence-electron chi connectivity index (χ1n) is 11.0. The van der Waals surface area contributed by atoms with E-state index < -0.39 is 0 Å². The minimum absolute atomic E-state index is 0.146. The molecule has 3 heteroatoms. The molecule has 0 saturated carbocycles. The van der Waals surface area contributed by atoms with E-state index in [1.165, 1.54) is 43.5 Å². The molecule has 5 rings (SSSR count). The van der Waals surface area contributed by atoms with Crippen molar-refractivity contribution in [2.45, 2.75) is 31.3 Å². The predicted octanol–water partition coefficient (Wildman–Crippen LogP) is 4.15. The molecule has 0 amide bonds. The Kier molecular flexibility index (Phi) is 5.23. The molecule has 3 aliphatic rings. The van der Waals surface area contributed by atoms with Gasteiger partial charge in [-0.3, -0.25) is 9.80 Å². The molecular formula is C25H32N2O. The number of piperidine rings is 2. The van der Waals surface area contributed by atoms with Crippen molar-refractivity contribution >= 4 is 0 Å². The summed E-state index contributed by atoms with van der Waals surface area (Å²) in [6, 6.07) is 22.3. The van der Waals surface area contributed by atoms with Crippen molar-refractivity contribution in [1.82, 2.24) is 9.80 Å². The molecule has 3 aliphatic heterocycles. The molecule has 0 N–H and O–H groups in total.